The number of nitrogens with zero attached hydrogens (tertiary/aromatic N) is 8. The number of hydrogen-bond acceptors (Lipinski definition) is 7. The van der Waals surface area contributed by atoms with Crippen LogP contribution < -0.4 is 4.90 Å². The van der Waals surface area contributed by atoms with E-state index in [1.807, 2.05) is 11.7 Å². The van der Waals surface area contributed by atoms with Crippen LogP contribution in [0.1, 0.15) is 31.2 Å². The molecular weight excluding hydrogens is 440 g/mol. The number of aliphatic hydroxyl groups excluding tert-OH is 1. The minimum Gasteiger partial charge on any atom is -0.374 e. The maximum Gasteiger partial charge on any atom is 0.163 e. The molecule has 1 N–H and O–H groups in total. The summed E-state index contributed by atoms with van der Waals surface area (Å²) in [6, 6.07) is 8.84. The Hall–Kier alpha value is -3.30. The van der Waals surface area contributed by atoms with Crippen molar-refractivity contribution in [2.75, 3.05) is 31.1 Å². The van der Waals surface area contributed by atoms with Gasteiger partial charge in [0.05, 0.1) is 17.3 Å². The molecule has 182 valence electrons. The van der Waals surface area contributed by atoms with E-state index in [0.717, 1.165) is 58.9 Å². The fourth-order valence-electron chi connectivity index (χ4n) is 5.70. The number of rotatable bonds is 5. The molecule has 3 aromatic heterocycles. The van der Waals surface area contributed by atoms with Crippen molar-refractivity contribution in [3.05, 3.63) is 42.4 Å². The van der Waals surface area contributed by atoms with Crippen LogP contribution in [0, 0.1) is 6.92 Å². The maximum atomic E-state index is 10.0. The van der Waals surface area contributed by atoms with E-state index in [1.54, 1.807) is 17.2 Å². The summed E-state index contributed by atoms with van der Waals surface area (Å²) in [5.41, 5.74) is 5.49. The third kappa shape index (κ3) is 3.88. The lowest BCUT2D eigenvalue weighted by Gasteiger charge is -2.32. The predicted molar refractivity (Wildman–Crippen MR) is 136 cm³/mol. The third-order valence-corrected chi connectivity index (χ3v) is 7.52. The molecule has 2 saturated heterocycles. The molecule has 9 nitrogen and oxygen atoms in total. The quantitative estimate of drug-likeness (QED) is 0.477. The molecule has 35 heavy (non-hydrogen) atoms. The highest BCUT2D eigenvalue weighted by Gasteiger charge is 2.32. The van der Waals surface area contributed by atoms with Crippen LogP contribution in [0.2, 0.25) is 0 Å². The Balaban J connectivity index is 1.44. The lowest BCUT2D eigenvalue weighted by molar-refractivity contribution is 0.175. The molecule has 1 atom stereocenters. The van der Waals surface area contributed by atoms with Crippen molar-refractivity contribution in [1.82, 2.24) is 34.4 Å². The van der Waals surface area contributed by atoms with Gasteiger partial charge in [-0.1, -0.05) is 36.2 Å². The van der Waals surface area contributed by atoms with Crippen molar-refractivity contribution in [2.45, 2.75) is 45.4 Å². The summed E-state index contributed by atoms with van der Waals surface area (Å²) in [5, 5.41) is 20.4. The van der Waals surface area contributed by atoms with Crippen molar-refractivity contribution in [1.29, 1.82) is 0 Å². The number of benzene rings is 1. The van der Waals surface area contributed by atoms with Crippen LogP contribution in [0.5, 0.6) is 0 Å². The Morgan fingerprint density at radius 1 is 1.03 bits per heavy atom. The van der Waals surface area contributed by atoms with Gasteiger partial charge in [-0.15, -0.1) is 0 Å². The van der Waals surface area contributed by atoms with Gasteiger partial charge in [0, 0.05) is 37.3 Å². The topological polar surface area (TPSA) is 88.1 Å². The molecule has 5 heterocycles. The van der Waals surface area contributed by atoms with Gasteiger partial charge in [0.1, 0.15) is 24.6 Å². The summed E-state index contributed by atoms with van der Waals surface area (Å²) in [5.74, 6) is 0.934. The Kier molecular flexibility index (Phi) is 5.74. The standard InChI is InChI=1S/C26H32N8O/c1-18-6-8-19(9-7-18)24-21(14-29-34(24)17-35)23-22-25(31(2)30-23)27-16-28-26(22)33-13-10-20(15-33)32-11-4-3-5-12-32/h6-9,14,16,20,35H,3-5,10-13,15,17H2,1-2H3/t20-/m0/s1. The minimum atomic E-state index is -0.207. The molecule has 0 bridgehead atoms. The zero-order chi connectivity index (χ0) is 23.9. The van der Waals surface area contributed by atoms with Crippen molar-refractivity contribution in [3.8, 4) is 22.5 Å². The molecule has 2 aliphatic rings. The van der Waals surface area contributed by atoms with E-state index in [0.29, 0.717) is 6.04 Å². The molecule has 0 saturated carbocycles. The molecule has 6 rings (SSSR count). The van der Waals surface area contributed by atoms with Gasteiger partial charge in [0.15, 0.2) is 5.65 Å². The first-order chi connectivity index (χ1) is 17.1. The first-order valence-corrected chi connectivity index (χ1v) is 12.5. The van der Waals surface area contributed by atoms with Crippen molar-refractivity contribution >= 4 is 16.9 Å². The van der Waals surface area contributed by atoms with Crippen LogP contribution in [0.3, 0.4) is 0 Å². The summed E-state index contributed by atoms with van der Waals surface area (Å²) in [4.78, 5) is 14.4. The first-order valence-electron chi connectivity index (χ1n) is 12.5. The third-order valence-electron chi connectivity index (χ3n) is 7.52. The maximum absolute atomic E-state index is 10.0. The van der Waals surface area contributed by atoms with E-state index < -0.39 is 0 Å². The lowest BCUT2D eigenvalue weighted by atomic mass is 10.0. The second kappa shape index (κ2) is 9.05. The number of aliphatic hydroxyl groups is 1. The van der Waals surface area contributed by atoms with Gasteiger partial charge in [0.2, 0.25) is 0 Å². The number of aromatic nitrogens is 6. The fourth-order valence-corrected chi connectivity index (χ4v) is 5.70. The van der Waals surface area contributed by atoms with E-state index in [2.05, 4.69) is 51.1 Å². The smallest absolute Gasteiger partial charge is 0.163 e. The number of aryl methyl sites for hydroxylation is 2. The summed E-state index contributed by atoms with van der Waals surface area (Å²) < 4.78 is 3.44. The van der Waals surface area contributed by atoms with Gasteiger partial charge in [-0.3, -0.25) is 4.90 Å². The average Bonchev–Trinajstić information content (AvgIpc) is 3.62. The first kappa shape index (κ1) is 22.2. The Labute approximate surface area is 205 Å². The highest BCUT2D eigenvalue weighted by molar-refractivity contribution is 6.01. The Morgan fingerprint density at radius 2 is 1.83 bits per heavy atom. The predicted octanol–water partition coefficient (Wildman–Crippen LogP) is 3.22. The number of anilines is 1. The number of piperidine rings is 1. The monoisotopic (exact) mass is 472 g/mol. The normalized spacial score (nSPS) is 19.2. The van der Waals surface area contributed by atoms with Gasteiger partial charge in [0.25, 0.3) is 0 Å². The summed E-state index contributed by atoms with van der Waals surface area (Å²) in [6.45, 7) is 6.22. The van der Waals surface area contributed by atoms with Crippen LogP contribution in [-0.2, 0) is 13.8 Å². The Morgan fingerprint density at radius 3 is 2.60 bits per heavy atom. The molecule has 0 spiro atoms. The molecule has 0 unspecified atom stereocenters. The van der Waals surface area contributed by atoms with E-state index in [4.69, 9.17) is 10.1 Å². The molecular formula is C26H32N8O. The van der Waals surface area contributed by atoms with Crippen LogP contribution in [0.15, 0.2) is 36.8 Å². The van der Waals surface area contributed by atoms with Gasteiger partial charge in [-0.05, 0) is 39.3 Å². The highest BCUT2D eigenvalue weighted by atomic mass is 16.3. The van der Waals surface area contributed by atoms with Gasteiger partial charge in [-0.2, -0.15) is 10.2 Å². The molecule has 9 heteroatoms. The molecule has 1 aromatic carbocycles. The van der Waals surface area contributed by atoms with Crippen LogP contribution in [-0.4, -0.2) is 71.8 Å². The molecule has 0 radical (unpaired) electrons. The fraction of sp³-hybridized carbons (Fsp3) is 0.462. The molecule has 0 amide bonds. The molecule has 0 aliphatic carbocycles. The lowest BCUT2D eigenvalue weighted by Crippen LogP contribution is -2.41. The van der Waals surface area contributed by atoms with E-state index >= 15 is 0 Å². The van der Waals surface area contributed by atoms with E-state index in [9.17, 15) is 5.11 Å². The SMILES string of the molecule is Cc1ccc(-c2c(-c3nn(C)c4ncnc(N5CC[C@H](N6CCCCC6)C5)c34)cnn2CO)cc1. The molecule has 2 fully saturated rings. The average molecular weight is 473 g/mol. The minimum absolute atomic E-state index is 0.207. The summed E-state index contributed by atoms with van der Waals surface area (Å²) in [6.07, 6.45) is 8.55. The molecule has 2 aliphatic heterocycles. The van der Waals surface area contributed by atoms with Crippen LogP contribution in [0.4, 0.5) is 5.82 Å². The van der Waals surface area contributed by atoms with Gasteiger partial charge >= 0.3 is 0 Å². The van der Waals surface area contributed by atoms with Crippen molar-refractivity contribution in [3.63, 3.8) is 0 Å². The second-order valence-corrected chi connectivity index (χ2v) is 9.77. The van der Waals surface area contributed by atoms with Crippen molar-refractivity contribution < 1.29 is 5.11 Å². The van der Waals surface area contributed by atoms with Gasteiger partial charge < -0.3 is 10.0 Å². The number of hydrogen-bond donors (Lipinski definition) is 1. The van der Waals surface area contributed by atoms with Crippen LogP contribution >= 0.6 is 0 Å². The second-order valence-electron chi connectivity index (χ2n) is 9.77. The zero-order valence-electron chi connectivity index (χ0n) is 20.4. The summed E-state index contributed by atoms with van der Waals surface area (Å²) in [7, 11) is 1.92. The molecule has 4 aromatic rings. The largest absolute Gasteiger partial charge is 0.374 e. The van der Waals surface area contributed by atoms with Crippen molar-refractivity contribution in [2.24, 2.45) is 7.05 Å². The number of fused-ring (bicyclic) bond motifs is 1. The van der Waals surface area contributed by atoms with Crippen LogP contribution in [0.25, 0.3) is 33.5 Å². The zero-order valence-corrected chi connectivity index (χ0v) is 20.4. The Bertz CT molecular complexity index is 1340. The summed E-state index contributed by atoms with van der Waals surface area (Å²) >= 11 is 0. The number of likely N-dealkylation sites (tertiary alicyclic amines) is 1. The van der Waals surface area contributed by atoms with E-state index in [1.165, 1.54) is 37.9 Å². The highest BCUT2D eigenvalue weighted by Crippen LogP contribution is 2.39. The van der Waals surface area contributed by atoms with E-state index in [-0.39, 0.29) is 6.73 Å². The van der Waals surface area contributed by atoms with Gasteiger partial charge in [-0.25, -0.2) is 19.3 Å².